The Balaban J connectivity index is 0.00000235. The molecule has 2 saturated carbocycles. The van der Waals surface area contributed by atoms with Crippen LogP contribution in [0.2, 0.25) is 8.76 Å². The molecule has 4 heteroatoms. The first kappa shape index (κ1) is 41.7. The topological polar surface area (TPSA) is 0 Å². The molecule has 10 rings (SSSR count). The van der Waals surface area contributed by atoms with E-state index in [9.17, 15) is 0 Å². The summed E-state index contributed by atoms with van der Waals surface area (Å²) in [6, 6.07) is 46.9. The van der Waals surface area contributed by atoms with Crippen molar-refractivity contribution < 1.29 is 17.4 Å². The summed E-state index contributed by atoms with van der Waals surface area (Å²) in [4.78, 5) is 0. The van der Waals surface area contributed by atoms with E-state index in [-0.39, 0.29) is 24.8 Å². The van der Waals surface area contributed by atoms with E-state index in [1.54, 1.807) is 22.3 Å². The molecule has 2 unspecified atom stereocenters. The minimum absolute atomic E-state index is 0. The van der Waals surface area contributed by atoms with Crippen LogP contribution < -0.4 is 0 Å². The van der Waals surface area contributed by atoms with Crippen LogP contribution >= 0.6 is 24.8 Å². The molecule has 4 aliphatic rings. The van der Waals surface area contributed by atoms with E-state index >= 15 is 0 Å². The van der Waals surface area contributed by atoms with Crippen molar-refractivity contribution in [1.29, 1.82) is 0 Å². The van der Waals surface area contributed by atoms with Crippen LogP contribution in [0.5, 0.6) is 0 Å². The van der Waals surface area contributed by atoms with Crippen LogP contribution in [0.3, 0.4) is 0 Å². The van der Waals surface area contributed by atoms with Crippen LogP contribution in [0, 0.1) is 11.8 Å². The Hall–Kier alpha value is -3.00. The van der Waals surface area contributed by atoms with Gasteiger partial charge in [-0.3, -0.25) is 0 Å². The van der Waals surface area contributed by atoms with E-state index < -0.39 is 17.4 Å². The molecule has 4 aliphatic carbocycles. The largest absolute Gasteiger partial charge is 0.147 e. The van der Waals surface area contributed by atoms with Gasteiger partial charge in [0.2, 0.25) is 0 Å². The number of benzene rings is 6. The van der Waals surface area contributed by atoms with Gasteiger partial charge in [0.15, 0.2) is 0 Å². The Morgan fingerprint density at radius 1 is 0.500 bits per heavy atom. The quantitative estimate of drug-likeness (QED) is 0.120. The number of allylic oxidation sites excluding steroid dienone is 2. The van der Waals surface area contributed by atoms with Gasteiger partial charge in [-0.05, 0) is 0 Å². The van der Waals surface area contributed by atoms with Crippen molar-refractivity contribution in [3.8, 4) is 22.3 Å². The van der Waals surface area contributed by atoms with Crippen molar-refractivity contribution in [3.05, 3.63) is 155 Å². The second kappa shape index (κ2) is 16.8. The van der Waals surface area contributed by atoms with Crippen LogP contribution in [-0.4, -0.2) is 6.88 Å². The smallest absolute Gasteiger partial charge is 0.147 e. The van der Waals surface area contributed by atoms with Gasteiger partial charge in [0.1, 0.15) is 0 Å². The Morgan fingerprint density at radius 3 is 1.31 bits per heavy atom. The van der Waals surface area contributed by atoms with Crippen LogP contribution in [0.25, 0.3) is 56.0 Å². The molecular formula is C54H60Cl2SiZr. The van der Waals surface area contributed by atoms with Crippen molar-refractivity contribution in [2.24, 2.45) is 11.8 Å². The maximum atomic E-state index is 2.98. The molecule has 298 valence electrons. The van der Waals surface area contributed by atoms with E-state index in [0.29, 0.717) is 7.25 Å². The van der Waals surface area contributed by atoms with Crippen molar-refractivity contribution in [2.45, 2.75) is 93.6 Å². The molecule has 2 fully saturated rings. The third-order valence-corrected chi connectivity index (χ3v) is 38.7. The first-order chi connectivity index (χ1) is 27.4. The Bertz CT molecular complexity index is 2440. The molecule has 0 amide bonds. The van der Waals surface area contributed by atoms with Crippen molar-refractivity contribution in [2.75, 3.05) is 0 Å². The monoisotopic (exact) mass is 896 g/mol. The van der Waals surface area contributed by atoms with Crippen LogP contribution in [0.15, 0.2) is 132 Å². The van der Waals surface area contributed by atoms with Crippen LogP contribution in [0.4, 0.5) is 0 Å². The number of hydrogen-bond acceptors (Lipinski definition) is 0. The summed E-state index contributed by atoms with van der Waals surface area (Å²) in [5.41, 5.74) is 15.7. The van der Waals surface area contributed by atoms with E-state index in [4.69, 9.17) is 0 Å². The molecule has 58 heavy (non-hydrogen) atoms. The Morgan fingerprint density at radius 2 is 0.879 bits per heavy atom. The molecule has 0 spiro atoms. The summed E-state index contributed by atoms with van der Waals surface area (Å²) < 4.78 is 5.49. The fourth-order valence-corrected chi connectivity index (χ4v) is 38.8. The van der Waals surface area contributed by atoms with E-state index in [1.165, 1.54) is 130 Å². The van der Waals surface area contributed by atoms with Gasteiger partial charge in [-0.15, -0.1) is 24.8 Å². The maximum absolute atomic E-state index is 3.98. The zero-order valence-electron chi connectivity index (χ0n) is 34.5. The second-order valence-electron chi connectivity index (χ2n) is 19.0. The summed E-state index contributed by atoms with van der Waals surface area (Å²) >= 11 is -3.98. The van der Waals surface area contributed by atoms with Crippen molar-refractivity contribution in [1.82, 2.24) is 0 Å². The molecule has 0 saturated heterocycles. The molecule has 0 N–H and O–H groups in total. The van der Waals surface area contributed by atoms with Gasteiger partial charge in [0.05, 0.1) is 0 Å². The first-order valence-electron chi connectivity index (χ1n) is 22.1. The molecule has 0 aromatic heterocycles. The zero-order valence-corrected chi connectivity index (χ0v) is 40.0. The molecule has 0 radical (unpaired) electrons. The zero-order chi connectivity index (χ0) is 37.9. The van der Waals surface area contributed by atoms with E-state index in [1.807, 2.05) is 0 Å². The molecule has 0 heterocycles. The predicted octanol–water partition coefficient (Wildman–Crippen LogP) is 16.0. The normalized spacial score (nSPS) is 19.4. The third-order valence-electron chi connectivity index (χ3n) is 15.2. The fourth-order valence-electron chi connectivity index (χ4n) is 13.0. The minimum Gasteiger partial charge on any atom is -0.147 e. The molecule has 0 bridgehead atoms. The van der Waals surface area contributed by atoms with Crippen LogP contribution in [-0.2, 0) is 17.4 Å². The fraction of sp³-hybridized carbons (Fsp3) is 0.333. The van der Waals surface area contributed by atoms with Crippen molar-refractivity contribution in [3.63, 3.8) is 0 Å². The molecule has 0 aliphatic heterocycles. The molecule has 0 nitrogen and oxygen atoms in total. The first-order valence-corrected chi connectivity index (χ1v) is 35.0. The predicted molar refractivity (Wildman–Crippen MR) is 257 cm³/mol. The number of halogens is 2. The Labute approximate surface area is 362 Å². The summed E-state index contributed by atoms with van der Waals surface area (Å²) in [6.07, 6.45) is 20.6. The van der Waals surface area contributed by atoms with Crippen molar-refractivity contribution >= 4 is 65.4 Å². The standard InChI is InChI=1S/2C25H23.C3H7.CH3.2ClH.H2Si.Zr/c2*1-2-8-18(7-1)15-19-16-21-11-6-14-24(25(21)17-19)23-13-5-10-20-9-3-4-12-22(20)23;1-3-2;;;;;/h2*3-6,9-14,16-18H,1-2,7-8,15H2;1,3H2,2H3;1H3;2*1H;1H2;. The van der Waals surface area contributed by atoms with Gasteiger partial charge in [-0.1, -0.05) is 0 Å². The minimum atomic E-state index is -3.98. The van der Waals surface area contributed by atoms with Gasteiger partial charge in [0, 0.05) is 0 Å². The average Bonchev–Trinajstić information content (AvgIpc) is 4.05. The van der Waals surface area contributed by atoms with Gasteiger partial charge >= 0.3 is 340 Å². The number of hydrogen-bond donors (Lipinski definition) is 0. The maximum Gasteiger partial charge on any atom is -0.147 e. The second-order valence-corrected chi connectivity index (χ2v) is 47.4. The molecular weight excluding hydrogens is 839 g/mol. The Kier molecular flexibility index (Phi) is 12.1. The van der Waals surface area contributed by atoms with Gasteiger partial charge < -0.3 is 0 Å². The van der Waals surface area contributed by atoms with Gasteiger partial charge in [-0.2, -0.15) is 0 Å². The number of rotatable bonds is 10. The molecule has 2 atom stereocenters. The summed E-state index contributed by atoms with van der Waals surface area (Å²) in [7, 11) is 0. The average molecular weight is 899 g/mol. The van der Waals surface area contributed by atoms with E-state index in [2.05, 4.69) is 152 Å². The van der Waals surface area contributed by atoms with Gasteiger partial charge in [-0.25, -0.2) is 0 Å². The molecule has 6 aromatic rings. The van der Waals surface area contributed by atoms with E-state index in [0.717, 1.165) is 11.8 Å². The van der Waals surface area contributed by atoms with Gasteiger partial charge in [0.25, 0.3) is 0 Å². The molecule has 6 aromatic carbocycles. The number of fused-ring (bicyclic) bond motifs is 4. The SMILES string of the molecule is CC[CH2][Zr]([CH3])(=[SiH2])([CH]1C(CC2CCCC2)=Cc2c(-c3cccc4ccccc34)cccc21)[CH]1C(CC2CCCC2)=Cc2c(-c3cccc4ccccc34)cccc21.Cl.Cl. The summed E-state index contributed by atoms with van der Waals surface area (Å²) in [6.45, 7) is 5.14. The summed E-state index contributed by atoms with van der Waals surface area (Å²) in [5.74, 6) is 1.65. The van der Waals surface area contributed by atoms with Crippen LogP contribution in [0.1, 0.15) is 107 Å². The third kappa shape index (κ3) is 7.11. The summed E-state index contributed by atoms with van der Waals surface area (Å²) in [5, 5.41) is 5.42.